The number of rotatable bonds is 3. The molecule has 0 saturated carbocycles. The molecule has 0 radical (unpaired) electrons. The standard InChI is InChI=1S/C12H15N3S/c1-4-13-12-15-11(7-16-12)10-6-5-8(2)14-9(10)3/h5-7H,4H2,1-3H3,(H,13,15). The summed E-state index contributed by atoms with van der Waals surface area (Å²) in [5.41, 5.74) is 4.20. The number of aromatic nitrogens is 2. The molecule has 0 spiro atoms. The molecule has 0 bridgehead atoms. The first kappa shape index (κ1) is 11.1. The number of nitrogens with one attached hydrogen (secondary N) is 1. The summed E-state index contributed by atoms with van der Waals surface area (Å²) in [6, 6.07) is 4.11. The maximum Gasteiger partial charge on any atom is 0.183 e. The van der Waals surface area contributed by atoms with Crippen molar-refractivity contribution in [2.24, 2.45) is 0 Å². The summed E-state index contributed by atoms with van der Waals surface area (Å²) in [6.45, 7) is 6.99. The fourth-order valence-corrected chi connectivity index (χ4v) is 2.37. The molecular weight excluding hydrogens is 218 g/mol. The third-order valence-electron chi connectivity index (χ3n) is 2.33. The molecule has 0 aromatic carbocycles. The van der Waals surface area contributed by atoms with Crippen molar-refractivity contribution in [2.75, 3.05) is 11.9 Å². The molecule has 3 nitrogen and oxygen atoms in total. The maximum atomic E-state index is 4.53. The van der Waals surface area contributed by atoms with Crippen LogP contribution in [0.1, 0.15) is 18.3 Å². The van der Waals surface area contributed by atoms with Crippen LogP contribution in [0.5, 0.6) is 0 Å². The second-order valence-corrected chi connectivity index (χ2v) is 4.51. The highest BCUT2D eigenvalue weighted by Crippen LogP contribution is 2.26. The zero-order chi connectivity index (χ0) is 11.5. The Bertz CT molecular complexity index is 491. The fourth-order valence-electron chi connectivity index (χ4n) is 1.59. The zero-order valence-corrected chi connectivity index (χ0v) is 10.6. The van der Waals surface area contributed by atoms with Crippen LogP contribution in [0, 0.1) is 13.8 Å². The predicted octanol–water partition coefficient (Wildman–Crippen LogP) is 3.25. The Morgan fingerprint density at radius 3 is 2.75 bits per heavy atom. The van der Waals surface area contributed by atoms with Crippen molar-refractivity contribution in [3.8, 4) is 11.3 Å². The Balaban J connectivity index is 2.35. The van der Waals surface area contributed by atoms with E-state index in [-0.39, 0.29) is 0 Å². The van der Waals surface area contributed by atoms with Gasteiger partial charge in [-0.1, -0.05) is 0 Å². The first-order valence-electron chi connectivity index (χ1n) is 5.34. The Kier molecular flexibility index (Phi) is 3.19. The number of aryl methyl sites for hydroxylation is 2. The lowest BCUT2D eigenvalue weighted by Gasteiger charge is -2.02. The Morgan fingerprint density at radius 2 is 2.06 bits per heavy atom. The highest BCUT2D eigenvalue weighted by molar-refractivity contribution is 7.14. The zero-order valence-electron chi connectivity index (χ0n) is 9.74. The van der Waals surface area contributed by atoms with E-state index >= 15 is 0 Å². The first-order chi connectivity index (χ1) is 7.70. The van der Waals surface area contributed by atoms with E-state index in [0.717, 1.165) is 34.3 Å². The van der Waals surface area contributed by atoms with Crippen molar-refractivity contribution in [1.82, 2.24) is 9.97 Å². The van der Waals surface area contributed by atoms with Gasteiger partial charge in [-0.05, 0) is 32.9 Å². The van der Waals surface area contributed by atoms with Crippen LogP contribution in [0.15, 0.2) is 17.5 Å². The average Bonchev–Trinajstić information content (AvgIpc) is 2.67. The van der Waals surface area contributed by atoms with Crippen LogP contribution in [0.4, 0.5) is 5.13 Å². The number of pyridine rings is 1. The summed E-state index contributed by atoms with van der Waals surface area (Å²) in [4.78, 5) is 8.98. The van der Waals surface area contributed by atoms with Crippen molar-refractivity contribution in [1.29, 1.82) is 0 Å². The first-order valence-corrected chi connectivity index (χ1v) is 6.22. The second kappa shape index (κ2) is 4.61. The van der Waals surface area contributed by atoms with Crippen LogP contribution in [0.2, 0.25) is 0 Å². The van der Waals surface area contributed by atoms with E-state index in [1.807, 2.05) is 19.9 Å². The Morgan fingerprint density at radius 1 is 1.25 bits per heavy atom. The van der Waals surface area contributed by atoms with Gasteiger partial charge < -0.3 is 5.32 Å². The Labute approximate surface area is 99.6 Å². The maximum absolute atomic E-state index is 4.53. The third-order valence-corrected chi connectivity index (χ3v) is 3.13. The topological polar surface area (TPSA) is 37.8 Å². The van der Waals surface area contributed by atoms with E-state index in [0.29, 0.717) is 0 Å². The smallest absolute Gasteiger partial charge is 0.183 e. The van der Waals surface area contributed by atoms with Crippen molar-refractivity contribution in [3.63, 3.8) is 0 Å². The molecule has 0 fully saturated rings. The van der Waals surface area contributed by atoms with Crippen molar-refractivity contribution in [3.05, 3.63) is 28.9 Å². The summed E-state index contributed by atoms with van der Waals surface area (Å²) in [5, 5.41) is 6.25. The van der Waals surface area contributed by atoms with E-state index in [2.05, 4.69) is 33.7 Å². The minimum absolute atomic E-state index is 0.901. The van der Waals surface area contributed by atoms with Crippen LogP contribution in [-0.2, 0) is 0 Å². The highest BCUT2D eigenvalue weighted by Gasteiger charge is 2.07. The number of thiazole rings is 1. The molecule has 2 rings (SSSR count). The molecule has 0 aliphatic rings. The summed E-state index contributed by atoms with van der Waals surface area (Å²) in [6.07, 6.45) is 0. The number of anilines is 1. The van der Waals surface area contributed by atoms with E-state index in [9.17, 15) is 0 Å². The van der Waals surface area contributed by atoms with Gasteiger partial charge in [0.25, 0.3) is 0 Å². The third kappa shape index (κ3) is 2.22. The van der Waals surface area contributed by atoms with Crippen molar-refractivity contribution < 1.29 is 0 Å². The second-order valence-electron chi connectivity index (χ2n) is 3.65. The summed E-state index contributed by atoms with van der Waals surface area (Å²) < 4.78 is 0. The summed E-state index contributed by atoms with van der Waals surface area (Å²) in [5.74, 6) is 0. The van der Waals surface area contributed by atoms with E-state index in [1.165, 1.54) is 0 Å². The van der Waals surface area contributed by atoms with Gasteiger partial charge in [-0.3, -0.25) is 4.98 Å². The molecule has 84 valence electrons. The van der Waals surface area contributed by atoms with Gasteiger partial charge in [0, 0.05) is 28.9 Å². The van der Waals surface area contributed by atoms with E-state index < -0.39 is 0 Å². The molecule has 2 aromatic heterocycles. The molecule has 0 unspecified atom stereocenters. The average molecular weight is 233 g/mol. The number of nitrogens with zero attached hydrogens (tertiary/aromatic N) is 2. The van der Waals surface area contributed by atoms with Crippen LogP contribution in [0.25, 0.3) is 11.3 Å². The van der Waals surface area contributed by atoms with Crippen molar-refractivity contribution in [2.45, 2.75) is 20.8 Å². The normalized spacial score (nSPS) is 10.4. The highest BCUT2D eigenvalue weighted by atomic mass is 32.1. The molecule has 0 amide bonds. The number of hydrogen-bond donors (Lipinski definition) is 1. The Hall–Kier alpha value is -1.42. The summed E-state index contributed by atoms with van der Waals surface area (Å²) in [7, 11) is 0. The lowest BCUT2D eigenvalue weighted by Crippen LogP contribution is -1.95. The fraction of sp³-hybridized carbons (Fsp3) is 0.333. The quantitative estimate of drug-likeness (QED) is 0.884. The monoisotopic (exact) mass is 233 g/mol. The molecule has 4 heteroatoms. The minimum Gasteiger partial charge on any atom is -0.362 e. The summed E-state index contributed by atoms with van der Waals surface area (Å²) >= 11 is 1.63. The van der Waals surface area contributed by atoms with E-state index in [4.69, 9.17) is 0 Å². The van der Waals surface area contributed by atoms with Gasteiger partial charge in [-0.2, -0.15) is 0 Å². The van der Waals surface area contributed by atoms with Gasteiger partial charge in [0.15, 0.2) is 5.13 Å². The molecular formula is C12H15N3S. The van der Waals surface area contributed by atoms with Crippen LogP contribution >= 0.6 is 11.3 Å². The molecule has 16 heavy (non-hydrogen) atoms. The van der Waals surface area contributed by atoms with Gasteiger partial charge >= 0.3 is 0 Å². The van der Waals surface area contributed by atoms with Gasteiger partial charge in [-0.15, -0.1) is 11.3 Å². The van der Waals surface area contributed by atoms with Crippen LogP contribution in [-0.4, -0.2) is 16.5 Å². The van der Waals surface area contributed by atoms with E-state index in [1.54, 1.807) is 11.3 Å². The molecule has 0 aliphatic carbocycles. The van der Waals surface area contributed by atoms with Gasteiger partial charge in [-0.25, -0.2) is 4.98 Å². The van der Waals surface area contributed by atoms with Crippen LogP contribution in [0.3, 0.4) is 0 Å². The van der Waals surface area contributed by atoms with Gasteiger partial charge in [0.05, 0.1) is 5.69 Å². The van der Waals surface area contributed by atoms with Gasteiger partial charge in [0.1, 0.15) is 0 Å². The molecule has 1 N–H and O–H groups in total. The predicted molar refractivity (Wildman–Crippen MR) is 69.0 cm³/mol. The number of hydrogen-bond acceptors (Lipinski definition) is 4. The molecule has 0 atom stereocenters. The molecule has 0 saturated heterocycles. The van der Waals surface area contributed by atoms with Gasteiger partial charge in [0.2, 0.25) is 0 Å². The molecule has 0 aliphatic heterocycles. The van der Waals surface area contributed by atoms with Crippen molar-refractivity contribution >= 4 is 16.5 Å². The lowest BCUT2D eigenvalue weighted by molar-refractivity contribution is 1.12. The minimum atomic E-state index is 0.901. The lowest BCUT2D eigenvalue weighted by atomic mass is 10.1. The largest absolute Gasteiger partial charge is 0.362 e. The SMILES string of the molecule is CCNc1nc(-c2ccc(C)nc2C)cs1. The van der Waals surface area contributed by atoms with Crippen LogP contribution < -0.4 is 5.32 Å². The molecule has 2 aromatic rings. The molecule has 2 heterocycles.